The second-order valence-electron chi connectivity index (χ2n) is 6.05. The van der Waals surface area contributed by atoms with Crippen molar-refractivity contribution in [1.29, 1.82) is 0 Å². The van der Waals surface area contributed by atoms with Crippen molar-refractivity contribution in [3.63, 3.8) is 0 Å². The van der Waals surface area contributed by atoms with Crippen molar-refractivity contribution < 1.29 is 9.53 Å². The molecule has 18 heavy (non-hydrogen) atoms. The maximum Gasteiger partial charge on any atom is 0.240 e. The molecule has 3 unspecified atom stereocenters. The number of ether oxygens (including phenoxy) is 1. The number of nitrogens with two attached hydrogens (primary N) is 2. The molecule has 4 nitrogen and oxygen atoms in total. The van der Waals surface area contributed by atoms with Crippen molar-refractivity contribution >= 4 is 5.91 Å². The Morgan fingerprint density at radius 1 is 1.33 bits per heavy atom. The van der Waals surface area contributed by atoms with Gasteiger partial charge in [0, 0.05) is 0 Å². The number of primary amides is 1. The van der Waals surface area contributed by atoms with Gasteiger partial charge in [0.05, 0.1) is 12.7 Å². The van der Waals surface area contributed by atoms with E-state index in [2.05, 4.69) is 6.92 Å². The summed E-state index contributed by atoms with van der Waals surface area (Å²) < 4.78 is 5.92. The highest BCUT2D eigenvalue weighted by Crippen LogP contribution is 2.39. The van der Waals surface area contributed by atoms with Crippen LogP contribution in [-0.4, -0.2) is 24.2 Å². The summed E-state index contributed by atoms with van der Waals surface area (Å²) in [6.45, 7) is 2.53. The first-order valence-electron chi connectivity index (χ1n) is 7.26. The minimum absolute atomic E-state index is 0.237. The highest BCUT2D eigenvalue weighted by Gasteiger charge is 2.47. The van der Waals surface area contributed by atoms with Crippen molar-refractivity contribution in [2.75, 3.05) is 6.61 Å². The Kier molecular flexibility index (Phi) is 4.28. The normalized spacial score (nSPS) is 31.9. The number of carbonyl (C=O) groups excluding carboxylic acids is 1. The maximum atomic E-state index is 11.5. The van der Waals surface area contributed by atoms with Gasteiger partial charge in [-0.05, 0) is 37.5 Å². The Morgan fingerprint density at radius 3 is 2.61 bits per heavy atom. The molecule has 2 rings (SSSR count). The fraction of sp³-hybridized carbons (Fsp3) is 0.929. The van der Waals surface area contributed by atoms with E-state index in [9.17, 15) is 4.79 Å². The first-order chi connectivity index (χ1) is 8.56. The van der Waals surface area contributed by atoms with Crippen molar-refractivity contribution in [2.45, 2.75) is 63.5 Å². The zero-order chi connectivity index (χ0) is 13.2. The van der Waals surface area contributed by atoms with Crippen LogP contribution in [0, 0.1) is 11.8 Å². The number of hydrogen-bond acceptors (Lipinski definition) is 3. The summed E-state index contributed by atoms with van der Waals surface area (Å²) in [5, 5.41) is 0. The van der Waals surface area contributed by atoms with Crippen LogP contribution >= 0.6 is 0 Å². The molecule has 0 heterocycles. The largest absolute Gasteiger partial charge is 0.376 e. The van der Waals surface area contributed by atoms with E-state index in [1.807, 2.05) is 0 Å². The highest BCUT2D eigenvalue weighted by molar-refractivity contribution is 5.85. The van der Waals surface area contributed by atoms with E-state index in [1.165, 1.54) is 19.3 Å². The predicted octanol–water partition coefficient (Wildman–Crippen LogP) is 1.56. The summed E-state index contributed by atoms with van der Waals surface area (Å²) in [5.74, 6) is 0.596. The van der Waals surface area contributed by atoms with E-state index >= 15 is 0 Å². The molecule has 4 N–H and O–H groups in total. The third-order valence-electron chi connectivity index (χ3n) is 4.63. The second-order valence-corrected chi connectivity index (χ2v) is 6.05. The zero-order valence-electron chi connectivity index (χ0n) is 11.4. The number of amides is 1. The van der Waals surface area contributed by atoms with Crippen LogP contribution in [0.4, 0.5) is 0 Å². The first-order valence-corrected chi connectivity index (χ1v) is 7.26. The first kappa shape index (κ1) is 13.8. The zero-order valence-corrected chi connectivity index (χ0v) is 11.4. The van der Waals surface area contributed by atoms with Crippen LogP contribution < -0.4 is 11.5 Å². The fourth-order valence-electron chi connectivity index (χ4n) is 3.01. The van der Waals surface area contributed by atoms with Crippen LogP contribution in [0.3, 0.4) is 0 Å². The SMILES string of the molecule is CCC1CCCC(OCC(N)(C(N)=O)C2CC2)C1. The van der Waals surface area contributed by atoms with Gasteiger partial charge >= 0.3 is 0 Å². The van der Waals surface area contributed by atoms with E-state index in [0.29, 0.717) is 6.61 Å². The summed E-state index contributed by atoms with van der Waals surface area (Å²) in [5.41, 5.74) is 10.6. The maximum absolute atomic E-state index is 11.5. The number of rotatable bonds is 6. The average molecular weight is 254 g/mol. The number of hydrogen-bond donors (Lipinski definition) is 2. The fourth-order valence-corrected chi connectivity index (χ4v) is 3.01. The predicted molar refractivity (Wildman–Crippen MR) is 70.8 cm³/mol. The lowest BCUT2D eigenvalue weighted by Gasteiger charge is -2.32. The molecule has 0 aromatic rings. The molecule has 0 aromatic heterocycles. The molecule has 104 valence electrons. The molecule has 0 saturated heterocycles. The molecule has 0 bridgehead atoms. The molecule has 0 aliphatic heterocycles. The summed E-state index contributed by atoms with van der Waals surface area (Å²) in [6.07, 6.45) is 8.22. The summed E-state index contributed by atoms with van der Waals surface area (Å²) in [4.78, 5) is 11.5. The average Bonchev–Trinajstić information content (AvgIpc) is 3.20. The van der Waals surface area contributed by atoms with Gasteiger partial charge in [0.1, 0.15) is 5.54 Å². The number of carbonyl (C=O) groups is 1. The van der Waals surface area contributed by atoms with Crippen LogP contribution in [0.25, 0.3) is 0 Å². The molecule has 1 amide bonds. The van der Waals surface area contributed by atoms with Crippen LogP contribution in [-0.2, 0) is 9.53 Å². The third kappa shape index (κ3) is 3.04. The summed E-state index contributed by atoms with van der Waals surface area (Å²) in [7, 11) is 0. The molecule has 0 aromatic carbocycles. The van der Waals surface area contributed by atoms with Crippen molar-refractivity contribution in [2.24, 2.45) is 23.3 Å². The van der Waals surface area contributed by atoms with Crippen LogP contribution in [0.15, 0.2) is 0 Å². The van der Waals surface area contributed by atoms with Gasteiger partial charge in [0.15, 0.2) is 0 Å². The molecule has 4 heteroatoms. The smallest absolute Gasteiger partial charge is 0.240 e. The van der Waals surface area contributed by atoms with Crippen molar-refractivity contribution in [3.05, 3.63) is 0 Å². The molecule has 2 fully saturated rings. The van der Waals surface area contributed by atoms with Crippen molar-refractivity contribution in [1.82, 2.24) is 0 Å². The molecular formula is C14H26N2O2. The quantitative estimate of drug-likeness (QED) is 0.755. The van der Waals surface area contributed by atoms with E-state index in [4.69, 9.17) is 16.2 Å². The molecule has 2 saturated carbocycles. The van der Waals surface area contributed by atoms with E-state index in [0.717, 1.165) is 31.6 Å². The summed E-state index contributed by atoms with van der Waals surface area (Å²) in [6, 6.07) is 0. The van der Waals surface area contributed by atoms with E-state index < -0.39 is 11.4 Å². The Hall–Kier alpha value is -0.610. The van der Waals surface area contributed by atoms with Crippen molar-refractivity contribution in [3.8, 4) is 0 Å². The van der Waals surface area contributed by atoms with Crippen LogP contribution in [0.5, 0.6) is 0 Å². The molecule has 0 radical (unpaired) electrons. The lowest BCUT2D eigenvalue weighted by molar-refractivity contribution is -0.128. The van der Waals surface area contributed by atoms with Crippen LogP contribution in [0.2, 0.25) is 0 Å². The lowest BCUT2D eigenvalue weighted by Crippen LogP contribution is -2.58. The Morgan fingerprint density at radius 2 is 2.06 bits per heavy atom. The van der Waals surface area contributed by atoms with Gasteiger partial charge in [0.2, 0.25) is 5.91 Å². The third-order valence-corrected chi connectivity index (χ3v) is 4.63. The molecular weight excluding hydrogens is 228 g/mol. The monoisotopic (exact) mass is 254 g/mol. The van der Waals surface area contributed by atoms with Crippen LogP contribution in [0.1, 0.15) is 51.9 Å². The van der Waals surface area contributed by atoms with E-state index in [-0.39, 0.29) is 12.0 Å². The van der Waals surface area contributed by atoms with Gasteiger partial charge in [0.25, 0.3) is 0 Å². The van der Waals surface area contributed by atoms with Gasteiger partial charge in [-0.1, -0.05) is 26.2 Å². The highest BCUT2D eigenvalue weighted by atomic mass is 16.5. The van der Waals surface area contributed by atoms with Gasteiger partial charge < -0.3 is 16.2 Å². The molecule has 0 spiro atoms. The summed E-state index contributed by atoms with van der Waals surface area (Å²) >= 11 is 0. The standard InChI is InChI=1S/C14H26N2O2/c1-2-10-4-3-5-12(8-10)18-9-14(16,13(15)17)11-6-7-11/h10-12H,2-9,16H2,1H3,(H2,15,17). The van der Waals surface area contributed by atoms with Gasteiger partial charge in [-0.25, -0.2) is 0 Å². The Bertz CT molecular complexity index is 304. The minimum Gasteiger partial charge on any atom is -0.376 e. The minimum atomic E-state index is -0.931. The molecule has 3 atom stereocenters. The molecule has 2 aliphatic carbocycles. The lowest BCUT2D eigenvalue weighted by atomic mass is 9.85. The Balaban J connectivity index is 1.84. The van der Waals surface area contributed by atoms with Gasteiger partial charge in [-0.2, -0.15) is 0 Å². The van der Waals surface area contributed by atoms with Gasteiger partial charge in [-0.15, -0.1) is 0 Å². The van der Waals surface area contributed by atoms with Gasteiger partial charge in [-0.3, -0.25) is 4.79 Å². The topological polar surface area (TPSA) is 78.3 Å². The Labute approximate surface area is 109 Å². The molecule has 2 aliphatic rings. The van der Waals surface area contributed by atoms with E-state index in [1.54, 1.807) is 0 Å². The second kappa shape index (κ2) is 5.57.